The number of aromatic nitrogens is 1. The number of nitrogens with zero attached hydrogens (tertiary/aromatic N) is 1. The van der Waals surface area contributed by atoms with Crippen molar-refractivity contribution < 1.29 is 14.3 Å². The van der Waals surface area contributed by atoms with Crippen molar-refractivity contribution in [3.05, 3.63) is 34.3 Å². The van der Waals surface area contributed by atoms with E-state index in [9.17, 15) is 4.79 Å². The highest BCUT2D eigenvalue weighted by molar-refractivity contribution is 7.09. The third-order valence-electron chi connectivity index (χ3n) is 2.90. The monoisotopic (exact) mass is 306 g/mol. The van der Waals surface area contributed by atoms with Crippen molar-refractivity contribution in [3.8, 4) is 11.5 Å². The third kappa shape index (κ3) is 3.52. The normalized spacial score (nSPS) is 10.5. The number of hydrogen-bond acceptors (Lipinski definition) is 5. The molecule has 5 nitrogen and oxygen atoms in total. The van der Waals surface area contributed by atoms with Gasteiger partial charge in [0.25, 0.3) is 5.91 Å². The zero-order valence-corrected chi connectivity index (χ0v) is 13.3. The Labute approximate surface area is 127 Å². The standard InChI is InChI=1S/C15H18N2O3S/c1-9(2)15-17-12(8-21-15)14(18)16-11-7-10(19-3)5-6-13(11)20-4/h5-9H,1-4H3,(H,16,18). The first-order valence-corrected chi connectivity index (χ1v) is 7.42. The Morgan fingerprint density at radius 1 is 1.29 bits per heavy atom. The first-order valence-electron chi connectivity index (χ1n) is 6.54. The van der Waals surface area contributed by atoms with Gasteiger partial charge in [0.15, 0.2) is 0 Å². The van der Waals surface area contributed by atoms with Gasteiger partial charge in [0.2, 0.25) is 0 Å². The second-order valence-corrected chi connectivity index (χ2v) is 5.64. The van der Waals surface area contributed by atoms with Crippen LogP contribution in [0.3, 0.4) is 0 Å². The maximum Gasteiger partial charge on any atom is 0.275 e. The molecule has 2 rings (SSSR count). The van der Waals surface area contributed by atoms with Crippen molar-refractivity contribution in [3.63, 3.8) is 0 Å². The van der Waals surface area contributed by atoms with Gasteiger partial charge in [0.1, 0.15) is 17.2 Å². The lowest BCUT2D eigenvalue weighted by Crippen LogP contribution is -2.13. The summed E-state index contributed by atoms with van der Waals surface area (Å²) in [6.07, 6.45) is 0. The smallest absolute Gasteiger partial charge is 0.275 e. The molecule has 1 aromatic carbocycles. The van der Waals surface area contributed by atoms with Crippen LogP contribution in [0.25, 0.3) is 0 Å². The van der Waals surface area contributed by atoms with Crippen LogP contribution in [-0.4, -0.2) is 25.1 Å². The molecule has 0 bridgehead atoms. The number of nitrogens with one attached hydrogen (secondary N) is 1. The van der Waals surface area contributed by atoms with Crippen LogP contribution in [0.5, 0.6) is 11.5 Å². The van der Waals surface area contributed by atoms with Crippen LogP contribution in [0.2, 0.25) is 0 Å². The van der Waals surface area contributed by atoms with Gasteiger partial charge < -0.3 is 14.8 Å². The molecule has 0 spiro atoms. The molecule has 112 valence electrons. The number of methoxy groups -OCH3 is 2. The number of carbonyl (C=O) groups excluding carboxylic acids is 1. The Hall–Kier alpha value is -2.08. The van der Waals surface area contributed by atoms with Crippen molar-refractivity contribution in [1.29, 1.82) is 0 Å². The van der Waals surface area contributed by atoms with Crippen LogP contribution in [0, 0.1) is 0 Å². The Bertz CT molecular complexity index is 638. The summed E-state index contributed by atoms with van der Waals surface area (Å²) >= 11 is 1.49. The molecule has 21 heavy (non-hydrogen) atoms. The van der Waals surface area contributed by atoms with Gasteiger partial charge in [-0.2, -0.15) is 0 Å². The van der Waals surface area contributed by atoms with E-state index in [0.29, 0.717) is 28.8 Å². The highest BCUT2D eigenvalue weighted by atomic mass is 32.1. The SMILES string of the molecule is COc1ccc(OC)c(NC(=O)c2csc(C(C)C)n2)c1. The molecule has 0 atom stereocenters. The van der Waals surface area contributed by atoms with Crippen molar-refractivity contribution in [2.75, 3.05) is 19.5 Å². The van der Waals surface area contributed by atoms with Gasteiger partial charge in [0.05, 0.1) is 24.9 Å². The maximum absolute atomic E-state index is 12.3. The molecule has 0 unspecified atom stereocenters. The van der Waals surface area contributed by atoms with Gasteiger partial charge >= 0.3 is 0 Å². The molecular weight excluding hydrogens is 288 g/mol. The lowest BCUT2D eigenvalue weighted by atomic mass is 10.2. The summed E-state index contributed by atoms with van der Waals surface area (Å²) < 4.78 is 10.4. The van der Waals surface area contributed by atoms with Crippen LogP contribution < -0.4 is 14.8 Å². The summed E-state index contributed by atoms with van der Waals surface area (Å²) in [4.78, 5) is 16.6. The lowest BCUT2D eigenvalue weighted by molar-refractivity contribution is 0.102. The first kappa shape index (κ1) is 15.3. The highest BCUT2D eigenvalue weighted by Crippen LogP contribution is 2.29. The molecule has 0 saturated carbocycles. The molecule has 1 aromatic heterocycles. The predicted molar refractivity (Wildman–Crippen MR) is 83.7 cm³/mol. The summed E-state index contributed by atoms with van der Waals surface area (Å²) in [5, 5.41) is 5.51. The predicted octanol–water partition coefficient (Wildman–Crippen LogP) is 3.54. The zero-order chi connectivity index (χ0) is 15.4. The van der Waals surface area contributed by atoms with Crippen LogP contribution >= 0.6 is 11.3 Å². The molecule has 0 radical (unpaired) electrons. The molecule has 6 heteroatoms. The van der Waals surface area contributed by atoms with E-state index >= 15 is 0 Å². The van der Waals surface area contributed by atoms with Gasteiger partial charge in [-0.3, -0.25) is 4.79 Å². The summed E-state index contributed by atoms with van der Waals surface area (Å²) in [5.74, 6) is 1.27. The average Bonchev–Trinajstić information content (AvgIpc) is 2.97. The minimum atomic E-state index is -0.260. The molecule has 1 amide bonds. The summed E-state index contributed by atoms with van der Waals surface area (Å²) in [7, 11) is 3.12. The van der Waals surface area contributed by atoms with Gasteiger partial charge in [-0.25, -0.2) is 4.98 Å². The van der Waals surface area contributed by atoms with E-state index in [1.54, 1.807) is 37.8 Å². The lowest BCUT2D eigenvalue weighted by Gasteiger charge is -2.11. The second kappa shape index (κ2) is 6.58. The molecular formula is C15H18N2O3S. The maximum atomic E-state index is 12.3. The van der Waals surface area contributed by atoms with Gasteiger partial charge in [-0.1, -0.05) is 13.8 Å². The number of thiazole rings is 1. The minimum absolute atomic E-state index is 0.260. The Morgan fingerprint density at radius 2 is 2.05 bits per heavy atom. The third-order valence-corrected chi connectivity index (χ3v) is 4.05. The topological polar surface area (TPSA) is 60.5 Å². The van der Waals surface area contributed by atoms with E-state index in [4.69, 9.17) is 9.47 Å². The van der Waals surface area contributed by atoms with Crippen LogP contribution in [0.1, 0.15) is 35.3 Å². The Kier molecular flexibility index (Phi) is 4.80. The number of amides is 1. The van der Waals surface area contributed by atoms with E-state index in [0.717, 1.165) is 5.01 Å². The highest BCUT2D eigenvalue weighted by Gasteiger charge is 2.15. The molecule has 0 aliphatic carbocycles. The van der Waals surface area contributed by atoms with E-state index in [-0.39, 0.29) is 5.91 Å². The molecule has 1 heterocycles. The Morgan fingerprint density at radius 3 is 2.62 bits per heavy atom. The molecule has 0 aliphatic rings. The fraction of sp³-hybridized carbons (Fsp3) is 0.333. The average molecular weight is 306 g/mol. The van der Waals surface area contributed by atoms with Crippen molar-refractivity contribution in [1.82, 2.24) is 4.98 Å². The largest absolute Gasteiger partial charge is 0.497 e. The van der Waals surface area contributed by atoms with E-state index < -0.39 is 0 Å². The minimum Gasteiger partial charge on any atom is -0.497 e. The summed E-state index contributed by atoms with van der Waals surface area (Å²) in [6, 6.07) is 5.23. The second-order valence-electron chi connectivity index (χ2n) is 4.75. The number of rotatable bonds is 5. The molecule has 0 fully saturated rings. The first-order chi connectivity index (χ1) is 10.0. The van der Waals surface area contributed by atoms with Crippen molar-refractivity contribution in [2.24, 2.45) is 0 Å². The quantitative estimate of drug-likeness (QED) is 0.918. The fourth-order valence-corrected chi connectivity index (χ4v) is 2.57. The molecule has 1 N–H and O–H groups in total. The molecule has 0 aliphatic heterocycles. The van der Waals surface area contributed by atoms with Crippen molar-refractivity contribution in [2.45, 2.75) is 19.8 Å². The van der Waals surface area contributed by atoms with Gasteiger partial charge in [-0.05, 0) is 12.1 Å². The zero-order valence-electron chi connectivity index (χ0n) is 12.5. The number of benzene rings is 1. The molecule has 2 aromatic rings. The van der Waals surface area contributed by atoms with E-state index in [1.165, 1.54) is 11.3 Å². The van der Waals surface area contributed by atoms with E-state index in [2.05, 4.69) is 10.3 Å². The van der Waals surface area contributed by atoms with Crippen LogP contribution in [0.4, 0.5) is 5.69 Å². The number of anilines is 1. The van der Waals surface area contributed by atoms with Crippen LogP contribution in [0.15, 0.2) is 23.6 Å². The summed E-state index contributed by atoms with van der Waals surface area (Å²) in [6.45, 7) is 4.09. The van der Waals surface area contributed by atoms with Gasteiger partial charge in [0, 0.05) is 17.4 Å². The van der Waals surface area contributed by atoms with Crippen LogP contribution in [-0.2, 0) is 0 Å². The van der Waals surface area contributed by atoms with Gasteiger partial charge in [-0.15, -0.1) is 11.3 Å². The fourth-order valence-electron chi connectivity index (χ4n) is 1.76. The van der Waals surface area contributed by atoms with E-state index in [1.807, 2.05) is 13.8 Å². The number of hydrogen-bond donors (Lipinski definition) is 1. The summed E-state index contributed by atoms with van der Waals surface area (Å²) in [5.41, 5.74) is 0.967. The molecule has 0 saturated heterocycles. The van der Waals surface area contributed by atoms with Crippen molar-refractivity contribution >= 4 is 22.9 Å². The number of ether oxygens (including phenoxy) is 2. The Balaban J connectivity index is 2.21. The number of carbonyl (C=O) groups is 1.